The van der Waals surface area contributed by atoms with Crippen LogP contribution in [-0.4, -0.2) is 11.2 Å². The fourth-order valence-corrected chi connectivity index (χ4v) is 2.18. The van der Waals surface area contributed by atoms with Crippen LogP contribution in [0.4, 0.5) is 8.78 Å². The first-order valence-corrected chi connectivity index (χ1v) is 5.88. The van der Waals surface area contributed by atoms with E-state index in [2.05, 4.69) is 15.9 Å². The molecule has 1 aromatic carbocycles. The highest BCUT2D eigenvalue weighted by Crippen LogP contribution is 2.38. The van der Waals surface area contributed by atoms with E-state index in [4.69, 9.17) is 5.73 Å². The highest BCUT2D eigenvalue weighted by Gasteiger charge is 2.36. The molecule has 1 aliphatic rings. The van der Waals surface area contributed by atoms with E-state index in [9.17, 15) is 13.9 Å². The maximum absolute atomic E-state index is 13.5. The van der Waals surface area contributed by atoms with Gasteiger partial charge in [0, 0.05) is 10.0 Å². The van der Waals surface area contributed by atoms with E-state index in [-0.39, 0.29) is 11.5 Å². The molecular formula is C11H12BrF2NO. The highest BCUT2D eigenvalue weighted by molar-refractivity contribution is 9.10. The summed E-state index contributed by atoms with van der Waals surface area (Å²) in [7, 11) is 0. The Balaban J connectivity index is 2.31. The van der Waals surface area contributed by atoms with Crippen LogP contribution in [0.5, 0.6) is 0 Å². The highest BCUT2D eigenvalue weighted by atomic mass is 79.9. The largest absolute Gasteiger partial charge is 0.391 e. The zero-order chi connectivity index (χ0) is 11.9. The molecule has 2 atom stereocenters. The Bertz CT molecular complexity index is 386. The number of aliphatic hydroxyl groups is 1. The van der Waals surface area contributed by atoms with E-state index in [0.29, 0.717) is 4.47 Å². The predicted molar refractivity (Wildman–Crippen MR) is 59.7 cm³/mol. The van der Waals surface area contributed by atoms with Gasteiger partial charge in [-0.15, -0.1) is 0 Å². The number of halogens is 3. The van der Waals surface area contributed by atoms with Crippen molar-refractivity contribution in [2.24, 2.45) is 11.7 Å². The van der Waals surface area contributed by atoms with Gasteiger partial charge in [-0.2, -0.15) is 0 Å². The molecule has 1 aromatic rings. The van der Waals surface area contributed by atoms with Crippen molar-refractivity contribution < 1.29 is 13.9 Å². The summed E-state index contributed by atoms with van der Waals surface area (Å²) in [5.41, 5.74) is 5.45. The molecule has 0 spiro atoms. The molecule has 0 unspecified atom stereocenters. The molecule has 0 amide bonds. The number of benzene rings is 1. The maximum atomic E-state index is 13.5. The molecule has 2 rings (SSSR count). The summed E-state index contributed by atoms with van der Waals surface area (Å²) in [5, 5.41) is 9.76. The molecule has 0 saturated heterocycles. The molecule has 1 fully saturated rings. The Morgan fingerprint density at radius 2 is 1.81 bits per heavy atom. The molecule has 0 aromatic heterocycles. The van der Waals surface area contributed by atoms with Crippen molar-refractivity contribution in [2.45, 2.75) is 25.0 Å². The molecule has 1 saturated carbocycles. The SMILES string of the molecule is N[C@@H](c1c(F)cc(Br)cc1F)[C@H](O)C1CC1. The topological polar surface area (TPSA) is 46.2 Å². The summed E-state index contributed by atoms with van der Waals surface area (Å²) in [6, 6.07) is 1.30. The van der Waals surface area contributed by atoms with E-state index in [1.807, 2.05) is 0 Å². The number of aliphatic hydroxyl groups excluding tert-OH is 1. The van der Waals surface area contributed by atoms with E-state index < -0.39 is 23.8 Å². The molecule has 0 radical (unpaired) electrons. The molecular weight excluding hydrogens is 280 g/mol. The van der Waals surface area contributed by atoms with Gasteiger partial charge in [0.25, 0.3) is 0 Å². The first-order chi connectivity index (χ1) is 7.50. The van der Waals surface area contributed by atoms with Gasteiger partial charge in [0.15, 0.2) is 0 Å². The molecule has 5 heteroatoms. The number of hydrogen-bond donors (Lipinski definition) is 2. The van der Waals surface area contributed by atoms with Gasteiger partial charge < -0.3 is 10.8 Å². The third-order valence-electron chi connectivity index (χ3n) is 2.85. The van der Waals surface area contributed by atoms with Crippen molar-refractivity contribution in [2.75, 3.05) is 0 Å². The van der Waals surface area contributed by atoms with Gasteiger partial charge in [-0.1, -0.05) is 15.9 Å². The second-order valence-electron chi connectivity index (χ2n) is 4.14. The van der Waals surface area contributed by atoms with Crippen LogP contribution in [0.2, 0.25) is 0 Å². The van der Waals surface area contributed by atoms with Gasteiger partial charge in [0.1, 0.15) is 11.6 Å². The van der Waals surface area contributed by atoms with Gasteiger partial charge in [0.05, 0.1) is 12.1 Å². The third-order valence-corrected chi connectivity index (χ3v) is 3.31. The average molecular weight is 292 g/mol. The van der Waals surface area contributed by atoms with Crippen LogP contribution in [0, 0.1) is 17.6 Å². The molecule has 0 heterocycles. The minimum atomic E-state index is -0.999. The van der Waals surface area contributed by atoms with Gasteiger partial charge >= 0.3 is 0 Å². The summed E-state index contributed by atoms with van der Waals surface area (Å²) < 4.78 is 27.4. The minimum Gasteiger partial charge on any atom is -0.391 e. The normalized spacial score (nSPS) is 19.6. The number of hydrogen-bond acceptors (Lipinski definition) is 2. The Kier molecular flexibility index (Phi) is 3.28. The smallest absolute Gasteiger partial charge is 0.132 e. The van der Waals surface area contributed by atoms with Crippen LogP contribution in [0.3, 0.4) is 0 Å². The second kappa shape index (κ2) is 4.39. The van der Waals surface area contributed by atoms with Crippen molar-refractivity contribution in [1.82, 2.24) is 0 Å². The maximum Gasteiger partial charge on any atom is 0.132 e. The van der Waals surface area contributed by atoms with Crippen molar-refractivity contribution >= 4 is 15.9 Å². The predicted octanol–water partition coefficient (Wildman–Crippen LogP) is 2.50. The van der Waals surface area contributed by atoms with Gasteiger partial charge in [-0.3, -0.25) is 0 Å². The lowest BCUT2D eigenvalue weighted by Crippen LogP contribution is -2.29. The average Bonchev–Trinajstić information content (AvgIpc) is 2.97. The van der Waals surface area contributed by atoms with Crippen LogP contribution >= 0.6 is 15.9 Å². The molecule has 2 nitrogen and oxygen atoms in total. The first kappa shape index (κ1) is 12.0. The van der Waals surface area contributed by atoms with Crippen LogP contribution in [0.15, 0.2) is 16.6 Å². The Morgan fingerprint density at radius 3 is 2.25 bits per heavy atom. The first-order valence-electron chi connectivity index (χ1n) is 5.09. The van der Waals surface area contributed by atoms with Crippen LogP contribution < -0.4 is 5.73 Å². The standard InChI is InChI=1S/C11H12BrF2NO/c12-6-3-7(13)9(8(14)4-6)10(15)11(16)5-1-2-5/h3-5,10-11,16H,1-2,15H2/t10-,11+/m0/s1. The fourth-order valence-electron chi connectivity index (χ4n) is 1.77. The van der Waals surface area contributed by atoms with Gasteiger partial charge in [0.2, 0.25) is 0 Å². The van der Waals surface area contributed by atoms with Crippen molar-refractivity contribution in [3.8, 4) is 0 Å². The summed E-state index contributed by atoms with van der Waals surface area (Å²) >= 11 is 2.99. The molecule has 3 N–H and O–H groups in total. The zero-order valence-corrected chi connectivity index (χ0v) is 10.0. The van der Waals surface area contributed by atoms with Crippen molar-refractivity contribution in [1.29, 1.82) is 0 Å². The Labute approximate surface area is 101 Å². The summed E-state index contributed by atoms with van der Waals surface area (Å²) in [6.07, 6.45) is 0.869. The van der Waals surface area contributed by atoms with Gasteiger partial charge in [-0.05, 0) is 30.9 Å². The molecule has 0 aliphatic heterocycles. The molecule has 1 aliphatic carbocycles. The molecule has 0 bridgehead atoms. The zero-order valence-electron chi connectivity index (χ0n) is 8.46. The summed E-state index contributed by atoms with van der Waals surface area (Å²) in [6.45, 7) is 0. The van der Waals surface area contributed by atoms with E-state index in [1.54, 1.807) is 0 Å². The van der Waals surface area contributed by atoms with E-state index >= 15 is 0 Å². The molecule has 88 valence electrons. The Morgan fingerprint density at radius 1 is 1.31 bits per heavy atom. The third kappa shape index (κ3) is 2.26. The second-order valence-corrected chi connectivity index (χ2v) is 5.05. The van der Waals surface area contributed by atoms with E-state index in [1.165, 1.54) is 0 Å². The lowest BCUT2D eigenvalue weighted by molar-refractivity contribution is 0.119. The van der Waals surface area contributed by atoms with Crippen LogP contribution in [-0.2, 0) is 0 Å². The number of nitrogens with two attached hydrogens (primary N) is 1. The summed E-state index contributed by atoms with van der Waals surface area (Å²) in [5.74, 6) is -1.37. The Hall–Kier alpha value is -0.520. The van der Waals surface area contributed by atoms with Crippen molar-refractivity contribution in [3.05, 3.63) is 33.8 Å². The number of rotatable bonds is 3. The lowest BCUT2D eigenvalue weighted by atomic mass is 9.98. The monoisotopic (exact) mass is 291 g/mol. The quantitative estimate of drug-likeness (QED) is 0.899. The van der Waals surface area contributed by atoms with Crippen LogP contribution in [0.25, 0.3) is 0 Å². The van der Waals surface area contributed by atoms with Crippen LogP contribution in [0.1, 0.15) is 24.4 Å². The lowest BCUT2D eigenvalue weighted by Gasteiger charge is -2.20. The minimum absolute atomic E-state index is 0.0810. The fraction of sp³-hybridized carbons (Fsp3) is 0.455. The summed E-state index contributed by atoms with van der Waals surface area (Å²) in [4.78, 5) is 0. The van der Waals surface area contributed by atoms with Gasteiger partial charge in [-0.25, -0.2) is 8.78 Å². The van der Waals surface area contributed by atoms with E-state index in [0.717, 1.165) is 25.0 Å². The van der Waals surface area contributed by atoms with Crippen molar-refractivity contribution in [3.63, 3.8) is 0 Å². The molecule has 16 heavy (non-hydrogen) atoms.